The van der Waals surface area contributed by atoms with Crippen LogP contribution in [0.25, 0.3) is 0 Å². The molecule has 17 heavy (non-hydrogen) atoms. The predicted octanol–water partition coefficient (Wildman–Crippen LogP) is 3.40. The smallest absolute Gasteiger partial charge is 0.255 e. The highest BCUT2D eigenvalue weighted by molar-refractivity contribution is 9.10. The Balaban J connectivity index is 2.16. The van der Waals surface area contributed by atoms with Crippen molar-refractivity contribution in [1.82, 2.24) is 4.98 Å². The first kappa shape index (κ1) is 11.8. The van der Waals surface area contributed by atoms with E-state index in [4.69, 9.17) is 0 Å². The van der Waals surface area contributed by atoms with Gasteiger partial charge in [-0.2, -0.15) is 0 Å². The number of anilines is 1. The third-order valence-electron chi connectivity index (χ3n) is 2.36. The summed E-state index contributed by atoms with van der Waals surface area (Å²) in [4.78, 5) is 15.7. The summed E-state index contributed by atoms with van der Waals surface area (Å²) in [7, 11) is 0. The standard InChI is InChI=1S/C13H11BrN2O/c1-9-8-11(2-3-12(9)14)16-13(17)10-4-6-15-7-5-10/h2-8H,1H3,(H,16,17). The van der Waals surface area contributed by atoms with Crippen molar-refractivity contribution in [2.45, 2.75) is 6.92 Å². The molecule has 3 nitrogen and oxygen atoms in total. The number of hydrogen-bond donors (Lipinski definition) is 1. The number of amides is 1. The van der Waals surface area contributed by atoms with E-state index in [9.17, 15) is 4.79 Å². The number of pyridine rings is 1. The number of carbonyl (C=O) groups excluding carboxylic acids is 1. The van der Waals surface area contributed by atoms with Crippen LogP contribution in [0, 0.1) is 6.92 Å². The zero-order valence-corrected chi connectivity index (χ0v) is 10.9. The Hall–Kier alpha value is -1.68. The third kappa shape index (κ3) is 2.91. The third-order valence-corrected chi connectivity index (χ3v) is 3.25. The van der Waals surface area contributed by atoms with E-state index in [0.717, 1.165) is 15.7 Å². The molecule has 1 heterocycles. The molecular formula is C13H11BrN2O. The lowest BCUT2D eigenvalue weighted by atomic mass is 10.2. The SMILES string of the molecule is Cc1cc(NC(=O)c2ccncc2)ccc1Br. The molecule has 0 atom stereocenters. The summed E-state index contributed by atoms with van der Waals surface area (Å²) in [6, 6.07) is 9.05. The molecule has 2 rings (SSSR count). The first-order valence-electron chi connectivity index (χ1n) is 5.14. The van der Waals surface area contributed by atoms with Crippen molar-refractivity contribution in [2.75, 3.05) is 5.32 Å². The van der Waals surface area contributed by atoms with E-state index in [0.29, 0.717) is 5.56 Å². The molecule has 0 aliphatic rings. The van der Waals surface area contributed by atoms with Crippen LogP contribution in [0.2, 0.25) is 0 Å². The second-order valence-electron chi connectivity index (χ2n) is 3.65. The van der Waals surface area contributed by atoms with Gasteiger partial charge in [-0.3, -0.25) is 9.78 Å². The maximum absolute atomic E-state index is 11.9. The number of halogens is 1. The molecule has 4 heteroatoms. The molecule has 0 saturated carbocycles. The number of hydrogen-bond acceptors (Lipinski definition) is 2. The van der Waals surface area contributed by atoms with Gasteiger partial charge < -0.3 is 5.32 Å². The van der Waals surface area contributed by atoms with Gasteiger partial charge in [-0.25, -0.2) is 0 Å². The van der Waals surface area contributed by atoms with E-state index in [1.54, 1.807) is 24.5 Å². The minimum Gasteiger partial charge on any atom is -0.322 e. The molecule has 0 spiro atoms. The van der Waals surface area contributed by atoms with Crippen molar-refractivity contribution in [2.24, 2.45) is 0 Å². The molecule has 0 aliphatic heterocycles. The molecule has 0 radical (unpaired) electrons. The van der Waals surface area contributed by atoms with Gasteiger partial charge in [0.2, 0.25) is 0 Å². The highest BCUT2D eigenvalue weighted by Gasteiger charge is 2.05. The van der Waals surface area contributed by atoms with E-state index in [1.165, 1.54) is 0 Å². The van der Waals surface area contributed by atoms with E-state index >= 15 is 0 Å². The number of benzene rings is 1. The van der Waals surface area contributed by atoms with Crippen LogP contribution >= 0.6 is 15.9 Å². The zero-order chi connectivity index (χ0) is 12.3. The van der Waals surface area contributed by atoms with Gasteiger partial charge in [0.05, 0.1) is 0 Å². The first-order chi connectivity index (χ1) is 8.16. The van der Waals surface area contributed by atoms with Crippen molar-refractivity contribution >= 4 is 27.5 Å². The molecule has 0 fully saturated rings. The van der Waals surface area contributed by atoms with Crippen LogP contribution in [0.15, 0.2) is 47.2 Å². The first-order valence-corrected chi connectivity index (χ1v) is 5.93. The van der Waals surface area contributed by atoms with Crippen molar-refractivity contribution in [3.05, 3.63) is 58.3 Å². The van der Waals surface area contributed by atoms with Crippen LogP contribution in [0.3, 0.4) is 0 Å². The quantitative estimate of drug-likeness (QED) is 0.921. The average Bonchev–Trinajstić information content (AvgIpc) is 2.35. The highest BCUT2D eigenvalue weighted by atomic mass is 79.9. The second-order valence-corrected chi connectivity index (χ2v) is 4.51. The molecule has 86 valence electrons. The van der Waals surface area contributed by atoms with Crippen LogP contribution in [0.5, 0.6) is 0 Å². The molecule has 1 aromatic carbocycles. The van der Waals surface area contributed by atoms with Gasteiger partial charge in [0.1, 0.15) is 0 Å². The predicted molar refractivity (Wildman–Crippen MR) is 71.1 cm³/mol. The highest BCUT2D eigenvalue weighted by Crippen LogP contribution is 2.20. The number of aromatic nitrogens is 1. The van der Waals surface area contributed by atoms with Crippen LogP contribution in [-0.2, 0) is 0 Å². The van der Waals surface area contributed by atoms with Gasteiger partial charge >= 0.3 is 0 Å². The molecule has 1 N–H and O–H groups in total. The maximum Gasteiger partial charge on any atom is 0.255 e. The van der Waals surface area contributed by atoms with Gasteiger partial charge in [-0.1, -0.05) is 15.9 Å². The molecule has 0 saturated heterocycles. The number of carbonyl (C=O) groups is 1. The minimum absolute atomic E-state index is 0.130. The van der Waals surface area contributed by atoms with E-state index in [1.807, 2.05) is 25.1 Å². The summed E-state index contributed by atoms with van der Waals surface area (Å²) in [5.41, 5.74) is 2.46. The number of rotatable bonds is 2. The van der Waals surface area contributed by atoms with E-state index in [-0.39, 0.29) is 5.91 Å². The summed E-state index contributed by atoms with van der Waals surface area (Å²) in [5, 5.41) is 2.84. The fraction of sp³-hybridized carbons (Fsp3) is 0.0769. The van der Waals surface area contributed by atoms with Crippen LogP contribution in [-0.4, -0.2) is 10.9 Å². The topological polar surface area (TPSA) is 42.0 Å². The Morgan fingerprint density at radius 3 is 2.59 bits per heavy atom. The van der Waals surface area contributed by atoms with Crippen LogP contribution < -0.4 is 5.32 Å². The van der Waals surface area contributed by atoms with Gasteiger partial charge in [0.25, 0.3) is 5.91 Å². The lowest BCUT2D eigenvalue weighted by molar-refractivity contribution is 0.102. The summed E-state index contributed by atoms with van der Waals surface area (Å²) >= 11 is 3.42. The molecule has 0 unspecified atom stereocenters. The van der Waals surface area contributed by atoms with Crippen molar-refractivity contribution in [1.29, 1.82) is 0 Å². The van der Waals surface area contributed by atoms with Crippen LogP contribution in [0.4, 0.5) is 5.69 Å². The normalized spacial score (nSPS) is 10.0. The number of aryl methyl sites for hydroxylation is 1. The lowest BCUT2D eigenvalue weighted by Gasteiger charge is -2.06. The van der Waals surface area contributed by atoms with Gasteiger partial charge in [0, 0.05) is 28.1 Å². The minimum atomic E-state index is -0.130. The van der Waals surface area contributed by atoms with Gasteiger partial charge in [-0.05, 0) is 42.8 Å². The Kier molecular flexibility index (Phi) is 3.54. The second kappa shape index (κ2) is 5.10. The summed E-state index contributed by atoms with van der Waals surface area (Å²) in [5.74, 6) is -0.130. The van der Waals surface area contributed by atoms with Gasteiger partial charge in [0.15, 0.2) is 0 Å². The van der Waals surface area contributed by atoms with Crippen molar-refractivity contribution < 1.29 is 4.79 Å². The largest absolute Gasteiger partial charge is 0.322 e. The Labute approximate surface area is 108 Å². The van der Waals surface area contributed by atoms with Crippen molar-refractivity contribution in [3.8, 4) is 0 Å². The summed E-state index contributed by atoms with van der Waals surface area (Å²) < 4.78 is 1.03. The molecular weight excluding hydrogens is 280 g/mol. The molecule has 0 bridgehead atoms. The molecule has 1 amide bonds. The summed E-state index contributed by atoms with van der Waals surface area (Å²) in [6.45, 7) is 1.98. The zero-order valence-electron chi connectivity index (χ0n) is 9.27. The molecule has 1 aromatic heterocycles. The maximum atomic E-state index is 11.9. The van der Waals surface area contributed by atoms with Crippen LogP contribution in [0.1, 0.15) is 15.9 Å². The molecule has 0 aliphatic carbocycles. The van der Waals surface area contributed by atoms with E-state index in [2.05, 4.69) is 26.2 Å². The molecule has 2 aromatic rings. The van der Waals surface area contributed by atoms with Gasteiger partial charge in [-0.15, -0.1) is 0 Å². The van der Waals surface area contributed by atoms with Crippen molar-refractivity contribution in [3.63, 3.8) is 0 Å². The fourth-order valence-electron chi connectivity index (χ4n) is 1.43. The monoisotopic (exact) mass is 290 g/mol. The lowest BCUT2D eigenvalue weighted by Crippen LogP contribution is -2.11. The fourth-order valence-corrected chi connectivity index (χ4v) is 1.68. The Morgan fingerprint density at radius 2 is 1.94 bits per heavy atom. The average molecular weight is 291 g/mol. The summed E-state index contributed by atoms with van der Waals surface area (Å²) in [6.07, 6.45) is 3.20. The Bertz CT molecular complexity index is 540. The number of nitrogens with one attached hydrogen (secondary N) is 1. The van der Waals surface area contributed by atoms with E-state index < -0.39 is 0 Å². The Morgan fingerprint density at radius 1 is 1.24 bits per heavy atom. The number of nitrogens with zero attached hydrogens (tertiary/aromatic N) is 1.